The number of rotatable bonds is 1. The second kappa shape index (κ2) is 7.89. The van der Waals surface area contributed by atoms with Crippen molar-refractivity contribution in [2.75, 3.05) is 6.54 Å². The van der Waals surface area contributed by atoms with Gasteiger partial charge >= 0.3 is 12.2 Å². The predicted octanol–water partition coefficient (Wildman–Crippen LogP) is 3.92. The highest BCUT2D eigenvalue weighted by atomic mass is 35.5. The van der Waals surface area contributed by atoms with Crippen LogP contribution in [-0.4, -0.2) is 28.7 Å². The Bertz CT molecular complexity index is 876. The van der Waals surface area contributed by atoms with Gasteiger partial charge in [0.05, 0.1) is 16.4 Å². The number of hydrazine groups is 1. The van der Waals surface area contributed by atoms with Crippen molar-refractivity contribution in [2.24, 2.45) is 11.6 Å². The number of halogens is 4. The Hall–Kier alpha value is -2.45. The molecule has 1 aliphatic heterocycles. The lowest BCUT2D eigenvalue weighted by Crippen LogP contribution is -2.49. The summed E-state index contributed by atoms with van der Waals surface area (Å²) in [5.41, 5.74) is 7.27. The molecule has 0 unspecified atom stereocenters. The molecule has 0 saturated carbocycles. The second-order valence-corrected chi connectivity index (χ2v) is 7.06. The normalized spacial score (nSPS) is 24.2. The number of alkyl halides is 3. The number of amides is 2. The molecule has 0 saturated heterocycles. The van der Waals surface area contributed by atoms with Crippen molar-refractivity contribution in [1.29, 1.82) is 0 Å². The van der Waals surface area contributed by atoms with E-state index in [0.717, 1.165) is 16.6 Å². The lowest BCUT2D eigenvalue weighted by molar-refractivity contribution is -0.0939. The van der Waals surface area contributed by atoms with E-state index >= 15 is 0 Å². The molecule has 4 N–H and O–H groups in total. The predicted molar refractivity (Wildman–Crippen MR) is 100 cm³/mol. The first-order valence-corrected chi connectivity index (χ1v) is 9.10. The molecular weight excluding hydrogens is 393 g/mol. The summed E-state index contributed by atoms with van der Waals surface area (Å²) in [4.78, 5) is 14.4. The molecule has 1 heterocycles. The van der Waals surface area contributed by atoms with E-state index < -0.39 is 17.8 Å². The van der Waals surface area contributed by atoms with Crippen LogP contribution in [0.5, 0.6) is 0 Å². The zero-order valence-electron chi connectivity index (χ0n) is 15.0. The van der Waals surface area contributed by atoms with Gasteiger partial charge in [-0.2, -0.15) is 13.2 Å². The van der Waals surface area contributed by atoms with Gasteiger partial charge in [-0.05, 0) is 36.5 Å². The fourth-order valence-electron chi connectivity index (χ4n) is 3.27. The highest BCUT2D eigenvalue weighted by Gasteiger charge is 2.34. The molecular formula is C19H20ClF3N4O. The molecule has 1 aliphatic carbocycles. The molecule has 0 fully saturated rings. The Labute approximate surface area is 165 Å². The van der Waals surface area contributed by atoms with Crippen molar-refractivity contribution in [3.05, 3.63) is 69.5 Å². The van der Waals surface area contributed by atoms with Crippen LogP contribution in [0.25, 0.3) is 0 Å². The zero-order chi connectivity index (χ0) is 20.5. The molecule has 0 radical (unpaired) electrons. The van der Waals surface area contributed by atoms with Gasteiger partial charge in [-0.15, -0.1) is 0 Å². The third kappa shape index (κ3) is 4.18. The number of benzene rings is 1. The fourth-order valence-corrected chi connectivity index (χ4v) is 3.49. The van der Waals surface area contributed by atoms with E-state index in [1.165, 1.54) is 11.6 Å². The number of hydrogen-bond acceptors (Lipinski definition) is 3. The third-order valence-electron chi connectivity index (χ3n) is 4.82. The monoisotopic (exact) mass is 412 g/mol. The topological polar surface area (TPSA) is 75.6 Å². The van der Waals surface area contributed by atoms with Gasteiger partial charge in [0.1, 0.15) is 0 Å². The Morgan fingerprint density at radius 3 is 2.54 bits per heavy atom. The first-order valence-electron chi connectivity index (χ1n) is 8.72. The Balaban J connectivity index is 1.82. The molecule has 1 aromatic carbocycles. The first kappa shape index (κ1) is 20.3. The standard InChI is InChI=1S/C19H20ClF3N4O/c20-15-10-14(19(21,22)23)6-3-7-16(17(15)24)27(25)18(28)26-9-8-12-4-1-2-5-13(12)11-26/h1-2,4-5,7,10H,3,6,8-9,11,24-25H2/b14-10+,16-7+,17-15-. The Kier molecular flexibility index (Phi) is 5.71. The van der Waals surface area contributed by atoms with Gasteiger partial charge in [-0.25, -0.2) is 15.6 Å². The highest BCUT2D eigenvalue weighted by molar-refractivity contribution is 6.31. The van der Waals surface area contributed by atoms with Crippen molar-refractivity contribution >= 4 is 17.6 Å². The van der Waals surface area contributed by atoms with Gasteiger partial charge in [0.15, 0.2) is 0 Å². The van der Waals surface area contributed by atoms with Crippen molar-refractivity contribution < 1.29 is 18.0 Å². The minimum Gasteiger partial charge on any atom is -0.396 e. The van der Waals surface area contributed by atoms with E-state index in [0.29, 0.717) is 19.5 Å². The molecule has 150 valence electrons. The summed E-state index contributed by atoms with van der Waals surface area (Å²) < 4.78 is 39.0. The largest absolute Gasteiger partial charge is 0.412 e. The lowest BCUT2D eigenvalue weighted by atomic mass is 10.0. The third-order valence-corrected chi connectivity index (χ3v) is 5.13. The molecule has 9 heteroatoms. The maximum atomic E-state index is 13.0. The number of nitrogens with zero attached hydrogens (tertiary/aromatic N) is 2. The van der Waals surface area contributed by atoms with E-state index in [4.69, 9.17) is 23.2 Å². The van der Waals surface area contributed by atoms with Crippen molar-refractivity contribution in [3.8, 4) is 0 Å². The van der Waals surface area contributed by atoms with Crippen LogP contribution < -0.4 is 11.6 Å². The lowest BCUT2D eigenvalue weighted by Gasteiger charge is -2.33. The van der Waals surface area contributed by atoms with Gasteiger partial charge in [-0.3, -0.25) is 0 Å². The van der Waals surface area contributed by atoms with Gasteiger partial charge in [0, 0.05) is 18.7 Å². The molecule has 3 rings (SSSR count). The quantitative estimate of drug-likeness (QED) is 0.417. The minimum absolute atomic E-state index is 0.0232. The van der Waals surface area contributed by atoms with Gasteiger partial charge in [0.2, 0.25) is 0 Å². The number of hydrogen-bond donors (Lipinski definition) is 2. The number of allylic oxidation sites excluding steroid dienone is 4. The SMILES string of the molecule is NC1=C(Cl)/C=C(/C(F)(F)F)CC/C=C\1N(N)C(=O)N1CCc2ccccc2C1. The molecule has 0 aromatic heterocycles. The van der Waals surface area contributed by atoms with Crippen molar-refractivity contribution in [1.82, 2.24) is 9.91 Å². The van der Waals surface area contributed by atoms with E-state index in [-0.39, 0.29) is 29.3 Å². The average molecular weight is 413 g/mol. The number of urea groups is 1. The summed E-state index contributed by atoms with van der Waals surface area (Å²) >= 11 is 5.97. The molecule has 2 amide bonds. The molecule has 0 atom stereocenters. The number of fused-ring (bicyclic) bond motifs is 1. The maximum Gasteiger partial charge on any atom is 0.412 e. The van der Waals surface area contributed by atoms with Crippen LogP contribution in [0, 0.1) is 0 Å². The second-order valence-electron chi connectivity index (χ2n) is 6.65. The Morgan fingerprint density at radius 1 is 1.18 bits per heavy atom. The summed E-state index contributed by atoms with van der Waals surface area (Å²) in [5.74, 6) is 5.99. The summed E-state index contributed by atoms with van der Waals surface area (Å²) in [5, 5.41) is 0.559. The number of nitrogens with two attached hydrogens (primary N) is 2. The zero-order valence-corrected chi connectivity index (χ0v) is 15.7. The molecule has 1 aromatic rings. The first-order chi connectivity index (χ1) is 13.2. The fraction of sp³-hybridized carbons (Fsp3) is 0.316. The van der Waals surface area contributed by atoms with Crippen LogP contribution in [0.15, 0.2) is 58.4 Å². The molecule has 5 nitrogen and oxygen atoms in total. The molecule has 0 bridgehead atoms. The van der Waals surface area contributed by atoms with Crippen molar-refractivity contribution in [2.45, 2.75) is 32.0 Å². The van der Waals surface area contributed by atoms with Gasteiger partial charge in [0.25, 0.3) is 0 Å². The summed E-state index contributed by atoms with van der Waals surface area (Å²) in [6, 6.07) is 7.31. The van der Waals surface area contributed by atoms with Gasteiger partial charge < -0.3 is 10.6 Å². The average Bonchev–Trinajstić information content (AvgIpc) is 2.66. The summed E-state index contributed by atoms with van der Waals surface area (Å²) in [6.45, 7) is 0.873. The summed E-state index contributed by atoms with van der Waals surface area (Å²) in [6.07, 6.45) is -1.86. The summed E-state index contributed by atoms with van der Waals surface area (Å²) in [7, 11) is 0. The van der Waals surface area contributed by atoms with Crippen LogP contribution in [-0.2, 0) is 13.0 Å². The van der Waals surface area contributed by atoms with Crippen LogP contribution in [0.2, 0.25) is 0 Å². The number of carbonyl (C=O) groups is 1. The van der Waals surface area contributed by atoms with E-state index in [9.17, 15) is 18.0 Å². The van der Waals surface area contributed by atoms with Crippen LogP contribution >= 0.6 is 11.6 Å². The molecule has 28 heavy (non-hydrogen) atoms. The van der Waals surface area contributed by atoms with Crippen LogP contribution in [0.3, 0.4) is 0 Å². The van der Waals surface area contributed by atoms with Crippen LogP contribution in [0.1, 0.15) is 24.0 Å². The van der Waals surface area contributed by atoms with Crippen molar-refractivity contribution in [3.63, 3.8) is 0 Å². The van der Waals surface area contributed by atoms with Gasteiger partial charge in [-0.1, -0.05) is 41.9 Å². The van der Waals surface area contributed by atoms with E-state index in [1.54, 1.807) is 4.90 Å². The minimum atomic E-state index is -4.49. The van der Waals surface area contributed by atoms with E-state index in [2.05, 4.69) is 0 Å². The Morgan fingerprint density at radius 2 is 1.86 bits per heavy atom. The molecule has 2 aliphatic rings. The molecule has 0 spiro atoms. The van der Waals surface area contributed by atoms with Crippen LogP contribution in [0.4, 0.5) is 18.0 Å². The number of carbonyl (C=O) groups excluding carboxylic acids is 1. The smallest absolute Gasteiger partial charge is 0.396 e. The highest BCUT2D eigenvalue weighted by Crippen LogP contribution is 2.34. The van der Waals surface area contributed by atoms with E-state index in [1.807, 2.05) is 24.3 Å². The maximum absolute atomic E-state index is 13.0.